The van der Waals surface area contributed by atoms with Crippen LogP contribution in [0.4, 0.5) is 0 Å². The van der Waals surface area contributed by atoms with Crippen LogP contribution >= 0.6 is 0 Å². The van der Waals surface area contributed by atoms with Crippen LogP contribution in [0.3, 0.4) is 0 Å². The lowest BCUT2D eigenvalue weighted by Gasteiger charge is -2.18. The van der Waals surface area contributed by atoms with Gasteiger partial charge < -0.3 is 14.2 Å². The van der Waals surface area contributed by atoms with Crippen LogP contribution in [-0.4, -0.2) is 37.2 Å². The van der Waals surface area contributed by atoms with E-state index in [9.17, 15) is 14.4 Å². The zero-order valence-corrected chi connectivity index (χ0v) is 47.1. The molecule has 0 radical (unpaired) electrons. The second-order valence-electron chi connectivity index (χ2n) is 19.1. The summed E-state index contributed by atoms with van der Waals surface area (Å²) in [6, 6.07) is 0. The molecule has 6 heteroatoms. The molecule has 0 aromatic rings. The number of hydrogen-bond donors (Lipinski definition) is 0. The van der Waals surface area contributed by atoms with Crippen molar-refractivity contribution in [3.63, 3.8) is 0 Å². The first kappa shape index (κ1) is 68.6. The molecule has 412 valence electrons. The number of esters is 3. The molecule has 0 N–H and O–H groups in total. The van der Waals surface area contributed by atoms with E-state index < -0.39 is 6.10 Å². The van der Waals surface area contributed by atoms with Crippen molar-refractivity contribution in [3.8, 4) is 0 Å². The summed E-state index contributed by atoms with van der Waals surface area (Å²) < 4.78 is 16.9. The Balaban J connectivity index is 4.49. The maximum absolute atomic E-state index is 12.9. The monoisotopic (exact) mass is 1010 g/mol. The van der Waals surface area contributed by atoms with E-state index in [1.165, 1.54) is 38.5 Å². The third-order valence-corrected chi connectivity index (χ3v) is 12.1. The van der Waals surface area contributed by atoms with Gasteiger partial charge in [0.2, 0.25) is 0 Å². The van der Waals surface area contributed by atoms with Gasteiger partial charge in [0.05, 0.1) is 0 Å². The van der Waals surface area contributed by atoms with Gasteiger partial charge >= 0.3 is 17.9 Å². The number of carbonyl (C=O) groups is 3. The number of carbonyl (C=O) groups excluding carboxylic acids is 3. The van der Waals surface area contributed by atoms with Gasteiger partial charge in [0.1, 0.15) is 13.2 Å². The van der Waals surface area contributed by atoms with Crippen LogP contribution in [-0.2, 0) is 28.6 Å². The van der Waals surface area contributed by atoms with E-state index in [1.807, 2.05) is 0 Å². The molecule has 0 aliphatic rings. The highest BCUT2D eigenvalue weighted by molar-refractivity contribution is 5.71. The first-order chi connectivity index (χ1) is 36.0. The highest BCUT2D eigenvalue weighted by Gasteiger charge is 2.19. The topological polar surface area (TPSA) is 78.9 Å². The Morgan fingerprint density at radius 2 is 0.534 bits per heavy atom. The van der Waals surface area contributed by atoms with Crippen LogP contribution in [0.1, 0.15) is 252 Å². The Bertz CT molecular complexity index is 1580. The summed E-state index contributed by atoms with van der Waals surface area (Å²) in [6.45, 7) is 6.34. The summed E-state index contributed by atoms with van der Waals surface area (Å²) in [4.78, 5) is 38.2. The molecule has 0 saturated carbocycles. The first-order valence-electron chi connectivity index (χ1n) is 29.7. The predicted molar refractivity (Wildman–Crippen MR) is 316 cm³/mol. The molecule has 0 aliphatic carbocycles. The minimum atomic E-state index is -0.807. The van der Waals surface area contributed by atoms with E-state index in [1.54, 1.807) is 0 Å². The molecule has 0 rings (SSSR count). The Kier molecular flexibility index (Phi) is 56.4. The van der Waals surface area contributed by atoms with E-state index >= 15 is 0 Å². The minimum absolute atomic E-state index is 0.103. The Morgan fingerprint density at radius 1 is 0.288 bits per heavy atom. The fraction of sp³-hybridized carbons (Fsp3) is 0.627. The van der Waals surface area contributed by atoms with Crippen LogP contribution in [0.2, 0.25) is 0 Å². The summed E-state index contributed by atoms with van der Waals surface area (Å²) in [6.07, 6.45) is 84.3. The van der Waals surface area contributed by atoms with Gasteiger partial charge in [0.15, 0.2) is 6.10 Å². The second kappa shape index (κ2) is 60.1. The van der Waals surface area contributed by atoms with Crippen LogP contribution in [0.5, 0.6) is 0 Å². The summed E-state index contributed by atoms with van der Waals surface area (Å²) in [5, 5.41) is 0. The lowest BCUT2D eigenvalue weighted by Crippen LogP contribution is -2.30. The highest BCUT2D eigenvalue weighted by Crippen LogP contribution is 2.14. The molecule has 0 aromatic heterocycles. The Morgan fingerprint density at radius 3 is 0.836 bits per heavy atom. The quantitative estimate of drug-likeness (QED) is 0.0261. The molecule has 1 unspecified atom stereocenters. The van der Waals surface area contributed by atoms with E-state index in [0.717, 1.165) is 173 Å². The van der Waals surface area contributed by atoms with Crippen molar-refractivity contribution in [2.24, 2.45) is 0 Å². The van der Waals surface area contributed by atoms with Crippen molar-refractivity contribution in [1.82, 2.24) is 0 Å². The lowest BCUT2D eigenvalue weighted by atomic mass is 10.1. The maximum atomic E-state index is 12.9. The molecule has 0 heterocycles. The van der Waals surface area contributed by atoms with Crippen LogP contribution in [0.25, 0.3) is 0 Å². The van der Waals surface area contributed by atoms with E-state index in [4.69, 9.17) is 14.2 Å². The summed E-state index contributed by atoms with van der Waals surface area (Å²) in [5.74, 6) is -0.952. The number of allylic oxidation sites excluding steroid dienone is 22. The van der Waals surface area contributed by atoms with Crippen molar-refractivity contribution in [2.75, 3.05) is 13.2 Å². The van der Waals surface area contributed by atoms with Gasteiger partial charge in [-0.2, -0.15) is 0 Å². The second-order valence-corrected chi connectivity index (χ2v) is 19.1. The zero-order chi connectivity index (χ0) is 52.9. The van der Waals surface area contributed by atoms with Gasteiger partial charge in [0.25, 0.3) is 0 Å². The molecular formula is C67H108O6. The fourth-order valence-electron chi connectivity index (χ4n) is 7.72. The van der Waals surface area contributed by atoms with Crippen molar-refractivity contribution >= 4 is 17.9 Å². The largest absolute Gasteiger partial charge is 0.462 e. The van der Waals surface area contributed by atoms with Gasteiger partial charge in [-0.1, -0.05) is 231 Å². The predicted octanol–water partition coefficient (Wildman–Crippen LogP) is 20.2. The fourth-order valence-corrected chi connectivity index (χ4v) is 7.72. The normalized spacial score (nSPS) is 13.1. The van der Waals surface area contributed by atoms with Crippen LogP contribution in [0, 0.1) is 0 Å². The standard InChI is InChI=1S/C67H108O6/c1-4-7-10-13-16-19-22-25-28-30-32-33-35-36-39-42-45-48-51-54-57-60-66(69)72-63-64(62-71-65(68)59-56-53-50-47-44-41-38-27-24-21-18-15-12-9-6-3)73-67(70)61-58-55-52-49-46-43-40-37-34-31-29-26-23-20-17-14-11-8-5-2/h7,9-10,12,16-21,25-29,32-34,36-39,64H,4-6,8,11,13-15,22-24,30-31,35,40-63H2,1-3H3/b10-7-,12-9-,19-16-,20-17-,21-18-,28-25-,29-26-,33-32-,37-34-,38-27-,39-36-. The van der Waals surface area contributed by atoms with E-state index in [0.29, 0.717) is 19.3 Å². The smallest absolute Gasteiger partial charge is 0.306 e. The molecular weight excluding hydrogens is 901 g/mol. The first-order valence-corrected chi connectivity index (χ1v) is 29.7. The van der Waals surface area contributed by atoms with Gasteiger partial charge in [0, 0.05) is 19.3 Å². The summed E-state index contributed by atoms with van der Waals surface area (Å²) >= 11 is 0. The molecule has 0 amide bonds. The molecule has 0 bridgehead atoms. The van der Waals surface area contributed by atoms with Gasteiger partial charge in [-0.15, -0.1) is 0 Å². The molecule has 0 saturated heterocycles. The molecule has 0 aliphatic heterocycles. The van der Waals surface area contributed by atoms with Gasteiger partial charge in [-0.3, -0.25) is 14.4 Å². The SMILES string of the molecule is CC/C=C\C/C=C\C/C=C\C/C=C\C/C=C\CCCCCCCC(=O)OCC(COC(=O)CCCCCCC/C=C\C/C=C\C/C=C\CC)OC(=O)CCCCCCCC/C=C\C/C=C\C/C=C\CCCCC. The molecule has 1 atom stereocenters. The molecule has 6 nitrogen and oxygen atoms in total. The minimum Gasteiger partial charge on any atom is -0.462 e. The van der Waals surface area contributed by atoms with Gasteiger partial charge in [-0.25, -0.2) is 0 Å². The number of ether oxygens (including phenoxy) is 3. The highest BCUT2D eigenvalue weighted by atomic mass is 16.6. The Hall–Kier alpha value is -4.45. The van der Waals surface area contributed by atoms with E-state index in [-0.39, 0.29) is 31.1 Å². The summed E-state index contributed by atoms with van der Waals surface area (Å²) in [5.41, 5.74) is 0. The molecule has 0 aromatic carbocycles. The average molecular weight is 1010 g/mol. The Labute approximate surface area is 449 Å². The number of unbranched alkanes of at least 4 members (excludes halogenated alkanes) is 19. The lowest BCUT2D eigenvalue weighted by molar-refractivity contribution is -0.167. The van der Waals surface area contributed by atoms with Crippen LogP contribution in [0.15, 0.2) is 134 Å². The number of hydrogen-bond acceptors (Lipinski definition) is 6. The van der Waals surface area contributed by atoms with E-state index in [2.05, 4.69) is 154 Å². The number of rotatable bonds is 52. The van der Waals surface area contributed by atoms with Gasteiger partial charge in [-0.05, 0) is 135 Å². The van der Waals surface area contributed by atoms with Crippen molar-refractivity contribution in [1.29, 1.82) is 0 Å². The van der Waals surface area contributed by atoms with Crippen LogP contribution < -0.4 is 0 Å². The zero-order valence-electron chi connectivity index (χ0n) is 47.1. The van der Waals surface area contributed by atoms with Crippen molar-refractivity contribution in [3.05, 3.63) is 134 Å². The average Bonchev–Trinajstić information content (AvgIpc) is 3.39. The summed E-state index contributed by atoms with van der Waals surface area (Å²) in [7, 11) is 0. The maximum Gasteiger partial charge on any atom is 0.306 e. The van der Waals surface area contributed by atoms with Crippen molar-refractivity contribution < 1.29 is 28.6 Å². The molecule has 73 heavy (non-hydrogen) atoms. The third-order valence-electron chi connectivity index (χ3n) is 12.1. The van der Waals surface area contributed by atoms with Crippen molar-refractivity contribution in [2.45, 2.75) is 258 Å². The molecule has 0 fully saturated rings. The molecule has 0 spiro atoms. The third kappa shape index (κ3) is 58.3.